The molecule has 1 rings (SSSR count). The minimum absolute atomic E-state index is 0.0998. The van der Waals surface area contributed by atoms with Gasteiger partial charge in [0, 0.05) is 6.26 Å². The molecule has 7 heteroatoms. The van der Waals surface area contributed by atoms with E-state index in [9.17, 15) is 18.0 Å². The molecule has 0 heterocycles. The van der Waals surface area contributed by atoms with Crippen molar-refractivity contribution in [1.82, 2.24) is 0 Å². The van der Waals surface area contributed by atoms with Crippen molar-refractivity contribution < 1.29 is 27.9 Å². The number of benzene rings is 1. The Labute approximate surface area is 104 Å². The fourth-order valence-corrected chi connectivity index (χ4v) is 1.95. The van der Waals surface area contributed by atoms with Gasteiger partial charge < -0.3 is 9.84 Å². The number of sulfone groups is 1. The van der Waals surface area contributed by atoms with E-state index in [0.29, 0.717) is 0 Å². The minimum atomic E-state index is -3.60. The van der Waals surface area contributed by atoms with Crippen molar-refractivity contribution in [3.63, 3.8) is 0 Å². The van der Waals surface area contributed by atoms with Crippen molar-refractivity contribution in [1.29, 1.82) is 0 Å². The number of hydrogen-bond acceptors (Lipinski definition) is 5. The Kier molecular flexibility index (Phi) is 4.07. The molecule has 0 unspecified atom stereocenters. The fraction of sp³-hybridized carbons (Fsp3) is 0.273. The molecule has 0 bridgehead atoms. The lowest BCUT2D eigenvalue weighted by Gasteiger charge is -2.06. The third-order valence-corrected chi connectivity index (χ3v) is 3.18. The van der Waals surface area contributed by atoms with Crippen LogP contribution in [0.25, 0.3) is 0 Å². The zero-order valence-electron chi connectivity index (χ0n) is 9.84. The SMILES string of the molecule is CCOC(=O)c1cc(C(=O)O)cc(S(C)(=O)=O)c1. The summed E-state index contributed by atoms with van der Waals surface area (Å²) >= 11 is 0. The van der Waals surface area contributed by atoms with Gasteiger partial charge in [-0.05, 0) is 25.1 Å². The predicted octanol–water partition coefficient (Wildman–Crippen LogP) is 0.965. The van der Waals surface area contributed by atoms with Gasteiger partial charge in [0.05, 0.1) is 22.6 Å². The second-order valence-electron chi connectivity index (χ2n) is 3.54. The standard InChI is InChI=1S/C11H12O6S/c1-3-17-11(14)8-4-7(10(12)13)5-9(6-8)18(2,15)16/h4-6H,3H2,1-2H3,(H,12,13). The molecule has 1 N–H and O–H groups in total. The average Bonchev–Trinajstić information content (AvgIpc) is 2.27. The summed E-state index contributed by atoms with van der Waals surface area (Å²) in [6.07, 6.45) is 0.933. The number of ether oxygens (including phenoxy) is 1. The second kappa shape index (κ2) is 5.18. The maximum Gasteiger partial charge on any atom is 0.338 e. The Morgan fingerprint density at radius 2 is 1.78 bits per heavy atom. The number of carbonyl (C=O) groups excluding carboxylic acids is 1. The Morgan fingerprint density at radius 3 is 2.22 bits per heavy atom. The number of aromatic carboxylic acids is 1. The van der Waals surface area contributed by atoms with Gasteiger partial charge in [0.15, 0.2) is 9.84 Å². The zero-order chi connectivity index (χ0) is 13.9. The van der Waals surface area contributed by atoms with Gasteiger partial charge in [-0.2, -0.15) is 0 Å². The van der Waals surface area contributed by atoms with Crippen molar-refractivity contribution in [2.75, 3.05) is 12.9 Å². The molecule has 98 valence electrons. The molecule has 0 fully saturated rings. The van der Waals surface area contributed by atoms with Gasteiger partial charge in [0.25, 0.3) is 0 Å². The largest absolute Gasteiger partial charge is 0.478 e. The average molecular weight is 272 g/mol. The molecule has 0 radical (unpaired) electrons. The van der Waals surface area contributed by atoms with Crippen LogP contribution in [0.15, 0.2) is 23.1 Å². The molecule has 0 amide bonds. The van der Waals surface area contributed by atoms with Gasteiger partial charge in [-0.1, -0.05) is 0 Å². The van der Waals surface area contributed by atoms with Crippen LogP contribution in [-0.2, 0) is 14.6 Å². The first-order valence-corrected chi connectivity index (χ1v) is 6.90. The molecule has 6 nitrogen and oxygen atoms in total. The van der Waals surface area contributed by atoms with E-state index < -0.39 is 21.8 Å². The third-order valence-electron chi connectivity index (χ3n) is 2.09. The first-order chi connectivity index (χ1) is 8.25. The van der Waals surface area contributed by atoms with Gasteiger partial charge >= 0.3 is 11.9 Å². The smallest absolute Gasteiger partial charge is 0.338 e. The molecule has 0 aliphatic heterocycles. The van der Waals surface area contributed by atoms with E-state index in [1.807, 2.05) is 0 Å². The summed E-state index contributed by atoms with van der Waals surface area (Å²) in [7, 11) is -3.60. The molecule has 1 aromatic carbocycles. The summed E-state index contributed by atoms with van der Waals surface area (Å²) in [5.74, 6) is -2.07. The number of hydrogen-bond donors (Lipinski definition) is 1. The van der Waals surface area contributed by atoms with E-state index in [2.05, 4.69) is 0 Å². The first kappa shape index (κ1) is 14.2. The van der Waals surface area contributed by atoms with Crippen LogP contribution in [0.5, 0.6) is 0 Å². The summed E-state index contributed by atoms with van der Waals surface area (Å²) in [6, 6.07) is 3.18. The van der Waals surface area contributed by atoms with Crippen LogP contribution in [0.1, 0.15) is 27.6 Å². The number of rotatable bonds is 4. The fourth-order valence-electron chi connectivity index (χ4n) is 1.27. The van der Waals surface area contributed by atoms with Crippen molar-refractivity contribution in [3.8, 4) is 0 Å². The second-order valence-corrected chi connectivity index (χ2v) is 5.56. The highest BCUT2D eigenvalue weighted by Gasteiger charge is 2.17. The highest BCUT2D eigenvalue weighted by Crippen LogP contribution is 2.16. The molecule has 0 aromatic heterocycles. The lowest BCUT2D eigenvalue weighted by Crippen LogP contribution is -2.09. The summed E-state index contributed by atoms with van der Waals surface area (Å²) in [6.45, 7) is 1.71. The highest BCUT2D eigenvalue weighted by molar-refractivity contribution is 7.90. The topological polar surface area (TPSA) is 97.7 Å². The van der Waals surface area contributed by atoms with E-state index in [4.69, 9.17) is 9.84 Å². The molecule has 0 aliphatic carbocycles. The lowest BCUT2D eigenvalue weighted by molar-refractivity contribution is 0.0526. The van der Waals surface area contributed by atoms with Gasteiger partial charge in [-0.15, -0.1) is 0 Å². The van der Waals surface area contributed by atoms with Crippen LogP contribution >= 0.6 is 0 Å². The Bertz CT molecular complexity index is 588. The van der Waals surface area contributed by atoms with Crippen LogP contribution in [-0.4, -0.2) is 38.3 Å². The number of carbonyl (C=O) groups is 2. The molecule has 0 spiro atoms. The monoisotopic (exact) mass is 272 g/mol. The van der Waals surface area contributed by atoms with Gasteiger partial charge in [-0.25, -0.2) is 18.0 Å². The Morgan fingerprint density at radius 1 is 1.22 bits per heavy atom. The predicted molar refractivity (Wildman–Crippen MR) is 62.5 cm³/mol. The van der Waals surface area contributed by atoms with E-state index >= 15 is 0 Å². The summed E-state index contributed by atoms with van der Waals surface area (Å²) in [5.41, 5.74) is -0.377. The molecule has 0 saturated carbocycles. The van der Waals surface area contributed by atoms with E-state index in [1.54, 1.807) is 6.92 Å². The van der Waals surface area contributed by atoms with Crippen LogP contribution in [0, 0.1) is 0 Å². The van der Waals surface area contributed by atoms with Crippen LogP contribution in [0.4, 0.5) is 0 Å². The molecule has 1 aromatic rings. The summed E-state index contributed by atoms with van der Waals surface area (Å²) in [4.78, 5) is 22.1. The number of esters is 1. The number of carboxylic acids is 1. The molecule has 18 heavy (non-hydrogen) atoms. The third kappa shape index (κ3) is 3.30. The van der Waals surface area contributed by atoms with Gasteiger partial charge in [0.1, 0.15) is 0 Å². The van der Waals surface area contributed by atoms with Crippen molar-refractivity contribution in [3.05, 3.63) is 29.3 Å². The van der Waals surface area contributed by atoms with E-state index in [1.165, 1.54) is 0 Å². The molecular weight excluding hydrogens is 260 g/mol. The summed E-state index contributed by atoms with van der Waals surface area (Å²) < 4.78 is 27.5. The quantitative estimate of drug-likeness (QED) is 0.820. The number of carboxylic acid groups (broad SMARTS) is 1. The molecule has 0 aliphatic rings. The van der Waals surface area contributed by atoms with E-state index in [-0.39, 0.29) is 22.6 Å². The summed E-state index contributed by atoms with van der Waals surface area (Å²) in [5, 5.41) is 8.86. The van der Waals surface area contributed by atoms with Crippen molar-refractivity contribution >= 4 is 21.8 Å². The van der Waals surface area contributed by atoms with Crippen molar-refractivity contribution in [2.24, 2.45) is 0 Å². The Balaban J connectivity index is 3.41. The molecule has 0 saturated heterocycles. The maximum absolute atomic E-state index is 11.5. The first-order valence-electron chi connectivity index (χ1n) is 5.01. The minimum Gasteiger partial charge on any atom is -0.478 e. The van der Waals surface area contributed by atoms with Gasteiger partial charge in [-0.3, -0.25) is 0 Å². The van der Waals surface area contributed by atoms with Gasteiger partial charge in [0.2, 0.25) is 0 Å². The van der Waals surface area contributed by atoms with Crippen LogP contribution in [0.2, 0.25) is 0 Å². The molecule has 0 atom stereocenters. The lowest BCUT2D eigenvalue weighted by atomic mass is 10.1. The Hall–Kier alpha value is -1.89. The van der Waals surface area contributed by atoms with Crippen LogP contribution in [0.3, 0.4) is 0 Å². The normalized spacial score (nSPS) is 11.0. The molecular formula is C11H12O6S. The highest BCUT2D eigenvalue weighted by atomic mass is 32.2. The maximum atomic E-state index is 11.5. The van der Waals surface area contributed by atoms with Crippen LogP contribution < -0.4 is 0 Å². The van der Waals surface area contributed by atoms with E-state index in [0.717, 1.165) is 24.5 Å². The zero-order valence-corrected chi connectivity index (χ0v) is 10.7. The van der Waals surface area contributed by atoms with Crippen molar-refractivity contribution in [2.45, 2.75) is 11.8 Å².